The van der Waals surface area contributed by atoms with Crippen molar-refractivity contribution in [3.63, 3.8) is 0 Å². The Labute approximate surface area is 88.7 Å². The van der Waals surface area contributed by atoms with Crippen LogP contribution in [0.4, 0.5) is 5.00 Å². The summed E-state index contributed by atoms with van der Waals surface area (Å²) in [6, 6.07) is 2.20. The maximum absolute atomic E-state index is 11.6. The van der Waals surface area contributed by atoms with E-state index in [1.807, 2.05) is 19.9 Å². The molecule has 0 radical (unpaired) electrons. The summed E-state index contributed by atoms with van der Waals surface area (Å²) < 4.78 is 4.12. The third-order valence-electron chi connectivity index (χ3n) is 1.72. The highest BCUT2D eigenvalue weighted by Crippen LogP contribution is 2.19. The Kier molecular flexibility index (Phi) is 3.63. The number of nitrogens with one attached hydrogen (secondary N) is 1. The van der Waals surface area contributed by atoms with Gasteiger partial charge in [-0.25, -0.2) is 0 Å². The molecular weight excluding hydrogens is 196 g/mol. The lowest BCUT2D eigenvalue weighted by Gasteiger charge is -2.04. The lowest BCUT2D eigenvalue weighted by atomic mass is 10.1. The molecule has 0 aromatic carbocycles. The van der Waals surface area contributed by atoms with Gasteiger partial charge in [0.1, 0.15) is 10.7 Å². The second-order valence-electron chi connectivity index (χ2n) is 3.89. The molecule has 0 fully saturated rings. The first-order valence-corrected chi connectivity index (χ1v) is 5.55. The number of ketones is 1. The molecule has 0 atom stereocenters. The number of hydrogen-bond acceptors (Lipinski definition) is 4. The Morgan fingerprint density at radius 2 is 2.07 bits per heavy atom. The second-order valence-corrected chi connectivity index (χ2v) is 4.70. The minimum absolute atomic E-state index is 0.0176. The molecule has 14 heavy (non-hydrogen) atoms. The molecule has 4 heteroatoms. The first-order chi connectivity index (χ1) is 6.50. The van der Waals surface area contributed by atoms with Gasteiger partial charge in [-0.1, -0.05) is 13.8 Å². The van der Waals surface area contributed by atoms with Crippen LogP contribution in [0.3, 0.4) is 0 Å². The van der Waals surface area contributed by atoms with Crippen LogP contribution >= 0.6 is 11.5 Å². The van der Waals surface area contributed by atoms with Crippen LogP contribution in [0.2, 0.25) is 0 Å². The molecule has 0 spiro atoms. The molecule has 0 bridgehead atoms. The highest BCUT2D eigenvalue weighted by atomic mass is 32.1. The van der Waals surface area contributed by atoms with Crippen LogP contribution in [0.1, 0.15) is 38.2 Å². The van der Waals surface area contributed by atoms with Gasteiger partial charge in [-0.3, -0.25) is 4.79 Å². The number of hydrogen-bond donors (Lipinski definition) is 1. The van der Waals surface area contributed by atoms with Gasteiger partial charge in [-0.15, -0.1) is 0 Å². The Bertz CT molecular complexity index is 318. The molecule has 0 aliphatic rings. The number of rotatable bonds is 4. The molecule has 1 aromatic heterocycles. The first kappa shape index (κ1) is 11.2. The fourth-order valence-corrected chi connectivity index (χ4v) is 1.83. The average molecular weight is 212 g/mol. The van der Waals surface area contributed by atoms with E-state index in [0.717, 1.165) is 5.00 Å². The normalized spacial score (nSPS) is 11.0. The fourth-order valence-electron chi connectivity index (χ4n) is 1.04. The lowest BCUT2D eigenvalue weighted by molar-refractivity contribution is 0.0935. The molecule has 0 unspecified atom stereocenters. The molecule has 1 N–H and O–H groups in total. The SMILES string of the molecule is CC(C)Nc1cc(C(=O)C(C)C)ns1. The van der Waals surface area contributed by atoms with Gasteiger partial charge in [-0.2, -0.15) is 4.37 Å². The van der Waals surface area contributed by atoms with Gasteiger partial charge in [-0.05, 0) is 25.4 Å². The average Bonchev–Trinajstić information content (AvgIpc) is 2.50. The van der Waals surface area contributed by atoms with Crippen LogP contribution in [0.25, 0.3) is 0 Å². The summed E-state index contributed by atoms with van der Waals surface area (Å²) in [6.07, 6.45) is 0. The molecule has 0 amide bonds. The Morgan fingerprint density at radius 3 is 2.57 bits per heavy atom. The summed E-state index contributed by atoms with van der Waals surface area (Å²) in [6.45, 7) is 7.89. The highest BCUT2D eigenvalue weighted by Gasteiger charge is 2.14. The molecule has 1 heterocycles. The van der Waals surface area contributed by atoms with Gasteiger partial charge in [0.25, 0.3) is 0 Å². The van der Waals surface area contributed by atoms with E-state index in [2.05, 4.69) is 23.5 Å². The van der Waals surface area contributed by atoms with Crippen molar-refractivity contribution in [3.05, 3.63) is 11.8 Å². The molecule has 0 aliphatic heterocycles. The smallest absolute Gasteiger partial charge is 0.184 e. The number of carbonyl (C=O) groups is 1. The molecular formula is C10H16N2OS. The number of anilines is 1. The predicted molar refractivity (Wildman–Crippen MR) is 60.0 cm³/mol. The van der Waals surface area contributed by atoms with E-state index in [4.69, 9.17) is 0 Å². The fraction of sp³-hybridized carbons (Fsp3) is 0.600. The minimum atomic E-state index is 0.0176. The van der Waals surface area contributed by atoms with Crippen molar-refractivity contribution < 1.29 is 4.79 Å². The molecule has 0 saturated carbocycles. The third kappa shape index (κ3) is 2.80. The van der Waals surface area contributed by atoms with Gasteiger partial charge in [0.15, 0.2) is 5.78 Å². The van der Waals surface area contributed by atoms with Gasteiger partial charge in [0.05, 0.1) is 0 Å². The van der Waals surface area contributed by atoms with E-state index < -0.39 is 0 Å². The van der Waals surface area contributed by atoms with E-state index in [9.17, 15) is 4.79 Å². The minimum Gasteiger partial charge on any atom is -0.373 e. The maximum atomic E-state index is 11.6. The van der Waals surface area contributed by atoms with Gasteiger partial charge >= 0.3 is 0 Å². The molecule has 3 nitrogen and oxygen atoms in total. The van der Waals surface area contributed by atoms with Gasteiger partial charge in [0, 0.05) is 18.0 Å². The molecule has 1 aromatic rings. The van der Waals surface area contributed by atoms with Gasteiger partial charge in [0.2, 0.25) is 0 Å². The third-order valence-corrected chi connectivity index (χ3v) is 2.44. The van der Waals surface area contributed by atoms with Crippen molar-refractivity contribution in [2.75, 3.05) is 5.32 Å². The Hall–Kier alpha value is -0.900. The van der Waals surface area contributed by atoms with Crippen molar-refractivity contribution in [1.82, 2.24) is 4.37 Å². The van der Waals surface area contributed by atoms with Crippen LogP contribution in [0, 0.1) is 5.92 Å². The van der Waals surface area contributed by atoms with E-state index in [-0.39, 0.29) is 11.7 Å². The van der Waals surface area contributed by atoms with Crippen molar-refractivity contribution in [1.29, 1.82) is 0 Å². The van der Waals surface area contributed by atoms with Gasteiger partial charge < -0.3 is 5.32 Å². The standard InChI is InChI=1S/C10H16N2OS/c1-6(2)10(13)8-5-9(14-12-8)11-7(3)4/h5-7,11H,1-4H3. The zero-order valence-electron chi connectivity index (χ0n) is 9.00. The number of nitrogens with zero attached hydrogens (tertiary/aromatic N) is 1. The van der Waals surface area contributed by atoms with Crippen molar-refractivity contribution in [2.45, 2.75) is 33.7 Å². The number of aromatic nitrogens is 1. The van der Waals surface area contributed by atoms with Crippen molar-refractivity contribution in [2.24, 2.45) is 5.92 Å². The summed E-state index contributed by atoms with van der Waals surface area (Å²) in [5, 5.41) is 4.18. The first-order valence-electron chi connectivity index (χ1n) is 4.78. The summed E-state index contributed by atoms with van der Waals surface area (Å²) in [5.41, 5.74) is 0.577. The molecule has 0 saturated heterocycles. The van der Waals surface area contributed by atoms with Crippen LogP contribution in [0.5, 0.6) is 0 Å². The number of Topliss-reactive ketones (excluding diaryl/α,β-unsaturated/α-hetero) is 1. The summed E-state index contributed by atoms with van der Waals surface area (Å²) >= 11 is 1.34. The molecule has 78 valence electrons. The zero-order valence-corrected chi connectivity index (χ0v) is 9.81. The zero-order chi connectivity index (χ0) is 10.7. The quantitative estimate of drug-likeness (QED) is 0.780. The van der Waals surface area contributed by atoms with E-state index in [0.29, 0.717) is 11.7 Å². The van der Waals surface area contributed by atoms with E-state index in [1.165, 1.54) is 11.5 Å². The predicted octanol–water partition coefficient (Wildman–Crippen LogP) is 2.80. The molecule has 0 aliphatic carbocycles. The largest absolute Gasteiger partial charge is 0.373 e. The Balaban J connectivity index is 2.73. The maximum Gasteiger partial charge on any atom is 0.184 e. The van der Waals surface area contributed by atoms with Crippen LogP contribution in [0.15, 0.2) is 6.07 Å². The summed E-state index contributed by atoms with van der Waals surface area (Å²) in [4.78, 5) is 11.6. The summed E-state index contributed by atoms with van der Waals surface area (Å²) in [7, 11) is 0. The topological polar surface area (TPSA) is 42.0 Å². The monoisotopic (exact) mass is 212 g/mol. The van der Waals surface area contributed by atoms with Crippen molar-refractivity contribution >= 4 is 22.3 Å². The van der Waals surface area contributed by atoms with Crippen LogP contribution in [-0.4, -0.2) is 16.2 Å². The Morgan fingerprint density at radius 1 is 1.43 bits per heavy atom. The van der Waals surface area contributed by atoms with E-state index in [1.54, 1.807) is 0 Å². The molecule has 1 rings (SSSR count). The van der Waals surface area contributed by atoms with Crippen LogP contribution < -0.4 is 5.32 Å². The second kappa shape index (κ2) is 4.55. The van der Waals surface area contributed by atoms with E-state index >= 15 is 0 Å². The van der Waals surface area contributed by atoms with Crippen molar-refractivity contribution in [3.8, 4) is 0 Å². The summed E-state index contributed by atoms with van der Waals surface area (Å²) in [5.74, 6) is 0.127. The lowest BCUT2D eigenvalue weighted by Crippen LogP contribution is -2.09. The number of carbonyl (C=O) groups excluding carboxylic acids is 1. The highest BCUT2D eigenvalue weighted by molar-refractivity contribution is 7.10. The van der Waals surface area contributed by atoms with Crippen LogP contribution in [-0.2, 0) is 0 Å².